The van der Waals surface area contributed by atoms with Crippen LogP contribution in [0.15, 0.2) is 59.5 Å². The molecule has 2 rings (SSSR count). The number of nitrogens with one attached hydrogen (secondary N) is 1. The molecule has 2 aromatic carbocycles. The molecule has 0 aromatic heterocycles. The first-order valence-corrected chi connectivity index (χ1v) is 8.59. The molecule has 0 aliphatic heterocycles. The van der Waals surface area contributed by atoms with Gasteiger partial charge in [-0.15, -0.1) is 0 Å². The summed E-state index contributed by atoms with van der Waals surface area (Å²) in [6, 6.07) is 13.2. The van der Waals surface area contributed by atoms with Crippen molar-refractivity contribution in [1.29, 1.82) is 0 Å². The van der Waals surface area contributed by atoms with Crippen LogP contribution in [0.2, 0.25) is 0 Å². The van der Waals surface area contributed by atoms with E-state index in [4.69, 9.17) is 5.73 Å². The van der Waals surface area contributed by atoms with Gasteiger partial charge in [-0.2, -0.15) is 0 Å². The van der Waals surface area contributed by atoms with Gasteiger partial charge in [-0.05, 0) is 30.7 Å². The SMILES string of the molecule is NC(=O)[C@@H](CC[S@@](=O)c1ccccc1)NC(=O)c1ccccc1F. The Hall–Kier alpha value is -2.54. The Morgan fingerprint density at radius 3 is 2.33 bits per heavy atom. The molecule has 0 aliphatic carbocycles. The maximum absolute atomic E-state index is 13.6. The minimum Gasteiger partial charge on any atom is -0.368 e. The van der Waals surface area contributed by atoms with Crippen LogP contribution in [0.4, 0.5) is 4.39 Å². The van der Waals surface area contributed by atoms with Crippen LogP contribution < -0.4 is 11.1 Å². The van der Waals surface area contributed by atoms with E-state index < -0.39 is 34.5 Å². The Labute approximate surface area is 141 Å². The van der Waals surface area contributed by atoms with Gasteiger partial charge in [-0.25, -0.2) is 4.39 Å². The number of benzene rings is 2. The molecule has 0 unspecified atom stereocenters. The van der Waals surface area contributed by atoms with Gasteiger partial charge in [0.15, 0.2) is 0 Å². The smallest absolute Gasteiger partial charge is 0.254 e. The summed E-state index contributed by atoms with van der Waals surface area (Å²) in [5, 5.41) is 2.39. The largest absolute Gasteiger partial charge is 0.368 e. The van der Waals surface area contributed by atoms with Gasteiger partial charge in [0.2, 0.25) is 5.91 Å². The van der Waals surface area contributed by atoms with Crippen LogP contribution in [0.25, 0.3) is 0 Å². The first-order valence-electron chi connectivity index (χ1n) is 7.27. The predicted octanol–water partition coefficient (Wildman–Crippen LogP) is 1.61. The molecule has 0 fully saturated rings. The number of primary amides is 1. The Bertz CT molecular complexity index is 753. The molecular formula is C17H17FN2O3S. The van der Waals surface area contributed by atoms with Crippen LogP contribution >= 0.6 is 0 Å². The fourth-order valence-corrected chi connectivity index (χ4v) is 3.23. The molecule has 2 aromatic rings. The number of hydrogen-bond donors (Lipinski definition) is 2. The standard InChI is InChI=1S/C17H17FN2O3S/c18-14-9-5-4-8-13(14)17(22)20-15(16(19)21)10-11-24(23)12-6-2-1-3-7-12/h1-9,15H,10-11H2,(H2,19,21)(H,20,22)/t15-,24-/m1/s1. The van der Waals surface area contributed by atoms with Gasteiger partial charge in [-0.3, -0.25) is 13.8 Å². The maximum atomic E-state index is 13.6. The summed E-state index contributed by atoms with van der Waals surface area (Å²) in [7, 11) is -1.32. The fraction of sp³-hybridized carbons (Fsp3) is 0.176. The summed E-state index contributed by atoms with van der Waals surface area (Å²) in [5.41, 5.74) is 5.11. The Morgan fingerprint density at radius 1 is 1.08 bits per heavy atom. The van der Waals surface area contributed by atoms with Crippen molar-refractivity contribution in [3.05, 3.63) is 66.0 Å². The molecule has 5 nitrogen and oxygen atoms in total. The van der Waals surface area contributed by atoms with E-state index >= 15 is 0 Å². The minimum atomic E-state index is -1.32. The number of carbonyl (C=O) groups excluding carboxylic acids is 2. The van der Waals surface area contributed by atoms with E-state index in [2.05, 4.69) is 5.32 Å². The zero-order valence-corrected chi connectivity index (χ0v) is 13.6. The zero-order chi connectivity index (χ0) is 17.5. The van der Waals surface area contributed by atoms with Crippen molar-refractivity contribution in [2.45, 2.75) is 17.4 Å². The third-order valence-corrected chi connectivity index (χ3v) is 4.77. The molecular weight excluding hydrogens is 331 g/mol. The summed E-state index contributed by atoms with van der Waals surface area (Å²) >= 11 is 0. The normalized spacial score (nSPS) is 13.0. The van der Waals surface area contributed by atoms with E-state index in [0.717, 1.165) is 6.07 Å². The average Bonchev–Trinajstić information content (AvgIpc) is 2.59. The summed E-state index contributed by atoms with van der Waals surface area (Å²) in [6.45, 7) is 0. The molecule has 0 spiro atoms. The third-order valence-electron chi connectivity index (χ3n) is 3.37. The fourth-order valence-electron chi connectivity index (χ4n) is 2.08. The van der Waals surface area contributed by atoms with Crippen LogP contribution in [0, 0.1) is 5.82 Å². The van der Waals surface area contributed by atoms with Crippen molar-refractivity contribution in [2.24, 2.45) is 5.73 Å². The summed E-state index contributed by atoms with van der Waals surface area (Å²) < 4.78 is 25.8. The van der Waals surface area contributed by atoms with Crippen LogP contribution in [0.3, 0.4) is 0 Å². The highest BCUT2D eigenvalue weighted by atomic mass is 32.2. The van der Waals surface area contributed by atoms with E-state index in [1.165, 1.54) is 18.2 Å². The summed E-state index contributed by atoms with van der Waals surface area (Å²) in [6.07, 6.45) is 0.0943. The number of carbonyl (C=O) groups is 2. The van der Waals surface area contributed by atoms with E-state index in [1.54, 1.807) is 24.3 Å². The van der Waals surface area contributed by atoms with Gasteiger partial charge in [0.25, 0.3) is 5.91 Å². The quantitative estimate of drug-likeness (QED) is 0.796. The molecule has 0 bridgehead atoms. The molecule has 2 atom stereocenters. The third kappa shape index (κ3) is 4.73. The van der Waals surface area contributed by atoms with Crippen molar-refractivity contribution in [3.63, 3.8) is 0 Å². The molecule has 7 heteroatoms. The molecule has 3 N–H and O–H groups in total. The van der Waals surface area contributed by atoms with Gasteiger partial charge in [0.1, 0.15) is 11.9 Å². The van der Waals surface area contributed by atoms with Crippen LogP contribution in [-0.4, -0.2) is 27.8 Å². The highest BCUT2D eigenvalue weighted by Crippen LogP contribution is 2.10. The monoisotopic (exact) mass is 348 g/mol. The van der Waals surface area contributed by atoms with Crippen LogP contribution in [-0.2, 0) is 15.6 Å². The van der Waals surface area contributed by atoms with E-state index in [1.807, 2.05) is 6.07 Å². The molecule has 2 amide bonds. The molecule has 126 valence electrons. The average molecular weight is 348 g/mol. The highest BCUT2D eigenvalue weighted by molar-refractivity contribution is 7.85. The number of rotatable bonds is 7. The van der Waals surface area contributed by atoms with Crippen molar-refractivity contribution < 1.29 is 18.2 Å². The second-order valence-electron chi connectivity index (χ2n) is 5.06. The second kappa shape index (κ2) is 8.35. The number of hydrogen-bond acceptors (Lipinski definition) is 3. The van der Waals surface area contributed by atoms with Crippen molar-refractivity contribution >= 4 is 22.6 Å². The number of nitrogens with two attached hydrogens (primary N) is 1. The van der Waals surface area contributed by atoms with E-state index in [0.29, 0.717) is 4.90 Å². The van der Waals surface area contributed by atoms with Gasteiger partial charge in [0.05, 0.1) is 16.4 Å². The molecule has 0 aliphatic rings. The molecule has 24 heavy (non-hydrogen) atoms. The van der Waals surface area contributed by atoms with Crippen molar-refractivity contribution in [1.82, 2.24) is 5.32 Å². The lowest BCUT2D eigenvalue weighted by Crippen LogP contribution is -2.45. The Kier molecular flexibility index (Phi) is 6.20. The van der Waals surface area contributed by atoms with Crippen molar-refractivity contribution in [3.8, 4) is 0 Å². The molecule has 0 heterocycles. The lowest BCUT2D eigenvalue weighted by Gasteiger charge is -2.15. The minimum absolute atomic E-state index is 0.0943. The zero-order valence-electron chi connectivity index (χ0n) is 12.8. The number of amides is 2. The van der Waals surface area contributed by atoms with Gasteiger partial charge < -0.3 is 11.1 Å². The van der Waals surface area contributed by atoms with E-state index in [-0.39, 0.29) is 17.7 Å². The molecule has 0 saturated carbocycles. The first-order chi connectivity index (χ1) is 11.5. The predicted molar refractivity (Wildman–Crippen MR) is 89.2 cm³/mol. The number of halogens is 1. The first kappa shape index (κ1) is 17.8. The maximum Gasteiger partial charge on any atom is 0.254 e. The van der Waals surface area contributed by atoms with Gasteiger partial charge in [-0.1, -0.05) is 30.3 Å². The Balaban J connectivity index is 2.00. The van der Waals surface area contributed by atoms with Crippen LogP contribution in [0.1, 0.15) is 16.8 Å². The summed E-state index contributed by atoms with van der Waals surface area (Å²) in [4.78, 5) is 24.2. The van der Waals surface area contributed by atoms with Gasteiger partial charge in [0, 0.05) is 10.6 Å². The lowest BCUT2D eigenvalue weighted by molar-refractivity contribution is -0.119. The van der Waals surface area contributed by atoms with Crippen molar-refractivity contribution in [2.75, 3.05) is 5.75 Å². The highest BCUT2D eigenvalue weighted by Gasteiger charge is 2.21. The van der Waals surface area contributed by atoms with Gasteiger partial charge >= 0.3 is 0 Å². The van der Waals surface area contributed by atoms with E-state index in [9.17, 15) is 18.2 Å². The Morgan fingerprint density at radius 2 is 1.71 bits per heavy atom. The lowest BCUT2D eigenvalue weighted by atomic mass is 10.1. The molecule has 0 radical (unpaired) electrons. The summed E-state index contributed by atoms with van der Waals surface area (Å²) in [5.74, 6) is -2.03. The van der Waals surface area contributed by atoms with Crippen LogP contribution in [0.5, 0.6) is 0 Å². The topological polar surface area (TPSA) is 89.3 Å². The molecule has 0 saturated heterocycles. The second-order valence-corrected chi connectivity index (χ2v) is 6.63.